The van der Waals surface area contributed by atoms with Crippen LogP contribution in [0, 0.1) is 17.5 Å². The molecule has 0 heterocycles. The maximum absolute atomic E-state index is 13.4. The highest BCUT2D eigenvalue weighted by Gasteiger charge is 2.06. The van der Waals surface area contributed by atoms with Crippen molar-refractivity contribution in [2.75, 3.05) is 5.32 Å². The van der Waals surface area contributed by atoms with Gasteiger partial charge in [0.05, 0.1) is 5.69 Å². The predicted octanol–water partition coefficient (Wildman–Crippen LogP) is 4.37. The lowest BCUT2D eigenvalue weighted by molar-refractivity contribution is 0.573. The molecule has 2 aromatic carbocycles. The number of hydrogen-bond donors (Lipinski definition) is 1. The number of hydrogen-bond acceptors (Lipinski definition) is 1. The lowest BCUT2D eigenvalue weighted by atomic mass is 10.2. The Morgan fingerprint density at radius 2 is 1.72 bits per heavy atom. The zero-order valence-electron chi connectivity index (χ0n) is 9.18. The summed E-state index contributed by atoms with van der Waals surface area (Å²) < 4.78 is 39.4. The first-order valence-electron chi connectivity index (χ1n) is 5.19. The molecule has 1 N–H and O–H groups in total. The van der Waals surface area contributed by atoms with Gasteiger partial charge in [0, 0.05) is 23.2 Å². The van der Waals surface area contributed by atoms with Crippen LogP contribution in [0.1, 0.15) is 5.56 Å². The third-order valence-electron chi connectivity index (χ3n) is 2.41. The molecule has 5 heteroatoms. The number of anilines is 1. The van der Waals surface area contributed by atoms with Crippen molar-refractivity contribution in [2.45, 2.75) is 6.54 Å². The maximum Gasteiger partial charge on any atom is 0.146 e. The summed E-state index contributed by atoms with van der Waals surface area (Å²) >= 11 is 5.72. The van der Waals surface area contributed by atoms with E-state index in [1.54, 1.807) is 0 Å². The smallest absolute Gasteiger partial charge is 0.146 e. The summed E-state index contributed by atoms with van der Waals surface area (Å²) in [6.45, 7) is 0.0450. The first kappa shape index (κ1) is 12.8. The molecule has 0 atom stereocenters. The van der Waals surface area contributed by atoms with Crippen LogP contribution < -0.4 is 5.32 Å². The van der Waals surface area contributed by atoms with E-state index in [2.05, 4.69) is 5.32 Å². The normalized spacial score (nSPS) is 10.4. The van der Waals surface area contributed by atoms with Gasteiger partial charge in [0.1, 0.15) is 17.5 Å². The summed E-state index contributed by atoms with van der Waals surface area (Å²) in [5.41, 5.74) is 0.419. The Kier molecular flexibility index (Phi) is 3.77. The minimum atomic E-state index is -0.676. The highest BCUT2D eigenvalue weighted by molar-refractivity contribution is 6.30. The number of nitrogens with one attached hydrogen (secondary N) is 1. The van der Waals surface area contributed by atoms with Crippen molar-refractivity contribution >= 4 is 17.3 Å². The fourth-order valence-corrected chi connectivity index (χ4v) is 1.66. The van der Waals surface area contributed by atoms with Crippen molar-refractivity contribution in [3.63, 3.8) is 0 Å². The molecule has 0 bridgehead atoms. The van der Waals surface area contributed by atoms with E-state index in [1.807, 2.05) is 0 Å². The lowest BCUT2D eigenvalue weighted by Crippen LogP contribution is -2.03. The lowest BCUT2D eigenvalue weighted by Gasteiger charge is -2.08. The van der Waals surface area contributed by atoms with E-state index < -0.39 is 17.5 Å². The second-order valence-corrected chi connectivity index (χ2v) is 4.15. The van der Waals surface area contributed by atoms with Crippen molar-refractivity contribution < 1.29 is 13.2 Å². The van der Waals surface area contributed by atoms with E-state index in [0.717, 1.165) is 12.1 Å². The molecule has 0 saturated heterocycles. The Bertz CT molecular complexity index is 572. The Morgan fingerprint density at radius 1 is 0.944 bits per heavy atom. The average molecular weight is 272 g/mol. The van der Waals surface area contributed by atoms with Gasteiger partial charge in [-0.15, -0.1) is 0 Å². The van der Waals surface area contributed by atoms with Gasteiger partial charge in [-0.1, -0.05) is 17.7 Å². The molecule has 0 spiro atoms. The number of rotatable bonds is 3. The van der Waals surface area contributed by atoms with E-state index >= 15 is 0 Å². The largest absolute Gasteiger partial charge is 0.378 e. The summed E-state index contributed by atoms with van der Waals surface area (Å²) in [7, 11) is 0. The molecule has 0 unspecified atom stereocenters. The van der Waals surface area contributed by atoms with E-state index in [-0.39, 0.29) is 17.8 Å². The molecule has 2 rings (SSSR count). The molecule has 0 amide bonds. The maximum atomic E-state index is 13.4. The second-order valence-electron chi connectivity index (χ2n) is 3.71. The van der Waals surface area contributed by atoms with Crippen LogP contribution in [-0.2, 0) is 6.54 Å². The highest BCUT2D eigenvalue weighted by Crippen LogP contribution is 2.20. The van der Waals surface area contributed by atoms with Crippen LogP contribution in [-0.4, -0.2) is 0 Å². The third kappa shape index (κ3) is 2.96. The number of benzene rings is 2. The minimum Gasteiger partial charge on any atom is -0.378 e. The minimum absolute atomic E-state index is 0.0450. The summed E-state index contributed by atoms with van der Waals surface area (Å²) in [6, 6.07) is 7.27. The summed E-state index contributed by atoms with van der Waals surface area (Å²) in [5.74, 6) is -1.81. The van der Waals surface area contributed by atoms with Crippen molar-refractivity contribution in [1.29, 1.82) is 0 Å². The molecular formula is C13H9ClF3N. The molecule has 1 nitrogen and oxygen atoms in total. The molecule has 0 aliphatic heterocycles. The van der Waals surface area contributed by atoms with E-state index in [1.165, 1.54) is 24.3 Å². The molecule has 0 aromatic heterocycles. The van der Waals surface area contributed by atoms with Crippen LogP contribution in [0.25, 0.3) is 0 Å². The Balaban J connectivity index is 2.13. The van der Waals surface area contributed by atoms with Crippen LogP contribution in [0.5, 0.6) is 0 Å². The highest BCUT2D eigenvalue weighted by atomic mass is 35.5. The third-order valence-corrected chi connectivity index (χ3v) is 2.65. The molecule has 0 saturated carbocycles. The van der Waals surface area contributed by atoms with Gasteiger partial charge < -0.3 is 5.32 Å². The summed E-state index contributed by atoms with van der Waals surface area (Å²) in [4.78, 5) is 0. The molecule has 2 aromatic rings. The molecule has 0 radical (unpaired) electrons. The Hall–Kier alpha value is -1.68. The Labute approximate surface area is 107 Å². The van der Waals surface area contributed by atoms with Crippen LogP contribution in [0.3, 0.4) is 0 Å². The van der Waals surface area contributed by atoms with Gasteiger partial charge in [0.2, 0.25) is 0 Å². The summed E-state index contributed by atoms with van der Waals surface area (Å²) in [6.07, 6.45) is 0. The Morgan fingerprint density at radius 3 is 2.44 bits per heavy atom. The SMILES string of the molecule is Fc1ccc(CNc2cc(Cl)ccc2F)c(F)c1. The van der Waals surface area contributed by atoms with Gasteiger partial charge in [-0.3, -0.25) is 0 Å². The van der Waals surface area contributed by atoms with Crippen LogP contribution in [0.4, 0.5) is 18.9 Å². The fraction of sp³-hybridized carbons (Fsp3) is 0.0769. The molecule has 18 heavy (non-hydrogen) atoms. The van der Waals surface area contributed by atoms with Crippen LogP contribution in [0.2, 0.25) is 5.02 Å². The first-order valence-corrected chi connectivity index (χ1v) is 5.57. The van der Waals surface area contributed by atoms with Crippen LogP contribution >= 0.6 is 11.6 Å². The van der Waals surface area contributed by atoms with Crippen molar-refractivity contribution in [3.05, 3.63) is 64.4 Å². The van der Waals surface area contributed by atoms with Crippen molar-refractivity contribution in [2.24, 2.45) is 0 Å². The monoisotopic (exact) mass is 271 g/mol. The van der Waals surface area contributed by atoms with Gasteiger partial charge in [-0.2, -0.15) is 0 Å². The van der Waals surface area contributed by atoms with Crippen molar-refractivity contribution in [3.8, 4) is 0 Å². The van der Waals surface area contributed by atoms with E-state index in [9.17, 15) is 13.2 Å². The standard InChI is InChI=1S/C13H9ClF3N/c14-9-2-4-11(16)13(5-9)18-7-8-1-3-10(15)6-12(8)17/h1-6,18H,7H2. The zero-order valence-corrected chi connectivity index (χ0v) is 9.94. The van der Waals surface area contributed by atoms with Crippen LogP contribution in [0.15, 0.2) is 36.4 Å². The summed E-state index contributed by atoms with van der Waals surface area (Å²) in [5, 5.41) is 3.08. The van der Waals surface area contributed by atoms with Gasteiger partial charge in [0.15, 0.2) is 0 Å². The first-order chi connectivity index (χ1) is 8.56. The van der Waals surface area contributed by atoms with E-state index in [0.29, 0.717) is 5.02 Å². The van der Waals surface area contributed by atoms with Gasteiger partial charge >= 0.3 is 0 Å². The quantitative estimate of drug-likeness (QED) is 0.874. The second kappa shape index (κ2) is 5.31. The fourth-order valence-electron chi connectivity index (χ4n) is 1.49. The molecule has 94 valence electrons. The van der Waals surface area contributed by atoms with Gasteiger partial charge in [-0.05, 0) is 24.3 Å². The zero-order chi connectivity index (χ0) is 13.1. The predicted molar refractivity (Wildman–Crippen MR) is 65.1 cm³/mol. The van der Waals surface area contributed by atoms with Gasteiger partial charge in [-0.25, -0.2) is 13.2 Å². The molecular weight excluding hydrogens is 263 g/mol. The molecule has 0 aliphatic carbocycles. The van der Waals surface area contributed by atoms with Gasteiger partial charge in [0.25, 0.3) is 0 Å². The average Bonchev–Trinajstić information content (AvgIpc) is 2.32. The number of halogens is 4. The topological polar surface area (TPSA) is 12.0 Å². The molecule has 0 fully saturated rings. The van der Waals surface area contributed by atoms with E-state index in [4.69, 9.17) is 11.6 Å². The van der Waals surface area contributed by atoms with Crippen molar-refractivity contribution in [1.82, 2.24) is 0 Å². The molecule has 0 aliphatic rings.